The summed E-state index contributed by atoms with van der Waals surface area (Å²) >= 11 is 0. The number of aryl methyl sites for hydroxylation is 2. The molecular weight excluding hydrogens is 366 g/mol. The highest BCUT2D eigenvalue weighted by Crippen LogP contribution is 2.10. The van der Waals surface area contributed by atoms with E-state index >= 15 is 0 Å². The van der Waals surface area contributed by atoms with Crippen LogP contribution in [-0.4, -0.2) is 67.5 Å². The third kappa shape index (κ3) is 6.32. The topological polar surface area (TPSA) is 61.9 Å². The van der Waals surface area contributed by atoms with Crippen molar-refractivity contribution in [3.8, 4) is 5.75 Å². The molecular formula is C23H29N3O3. The van der Waals surface area contributed by atoms with Crippen molar-refractivity contribution >= 4 is 11.8 Å². The van der Waals surface area contributed by atoms with Crippen molar-refractivity contribution in [2.75, 3.05) is 45.9 Å². The lowest BCUT2D eigenvalue weighted by atomic mass is 10.1. The van der Waals surface area contributed by atoms with Crippen LogP contribution in [0.4, 0.5) is 0 Å². The van der Waals surface area contributed by atoms with Crippen molar-refractivity contribution in [2.45, 2.75) is 13.8 Å². The number of nitrogens with one attached hydrogen (secondary N) is 1. The molecule has 1 heterocycles. The van der Waals surface area contributed by atoms with E-state index in [2.05, 4.69) is 10.2 Å². The van der Waals surface area contributed by atoms with E-state index in [0.717, 1.165) is 36.5 Å². The lowest BCUT2D eigenvalue weighted by Gasteiger charge is -2.34. The van der Waals surface area contributed by atoms with Gasteiger partial charge in [-0.1, -0.05) is 35.4 Å². The van der Waals surface area contributed by atoms with Gasteiger partial charge in [0.05, 0.1) is 6.54 Å². The molecule has 2 aromatic rings. The fraction of sp³-hybridized carbons (Fsp3) is 0.391. The van der Waals surface area contributed by atoms with E-state index in [9.17, 15) is 9.59 Å². The largest absolute Gasteiger partial charge is 0.492 e. The van der Waals surface area contributed by atoms with Crippen molar-refractivity contribution in [1.82, 2.24) is 15.1 Å². The fourth-order valence-electron chi connectivity index (χ4n) is 3.51. The summed E-state index contributed by atoms with van der Waals surface area (Å²) in [7, 11) is 0. The van der Waals surface area contributed by atoms with Crippen molar-refractivity contribution in [1.29, 1.82) is 0 Å². The average molecular weight is 396 g/mol. The van der Waals surface area contributed by atoms with Crippen LogP contribution in [0.3, 0.4) is 0 Å². The average Bonchev–Trinajstić information content (AvgIpc) is 2.72. The first-order valence-electron chi connectivity index (χ1n) is 10.1. The highest BCUT2D eigenvalue weighted by molar-refractivity contribution is 5.96. The SMILES string of the molecule is Cc1cc(C)cc(C(=O)NCC(=O)N2CCN(CCOc3ccccc3)CC2)c1. The monoisotopic (exact) mass is 395 g/mol. The summed E-state index contributed by atoms with van der Waals surface area (Å²) in [5.41, 5.74) is 2.67. The Morgan fingerprint density at radius 3 is 2.28 bits per heavy atom. The molecule has 1 fully saturated rings. The normalized spacial score (nSPS) is 14.5. The van der Waals surface area contributed by atoms with Gasteiger partial charge in [0.1, 0.15) is 12.4 Å². The molecule has 6 heteroatoms. The van der Waals surface area contributed by atoms with Gasteiger partial charge in [-0.2, -0.15) is 0 Å². The van der Waals surface area contributed by atoms with Crippen LogP contribution in [0.5, 0.6) is 5.75 Å². The summed E-state index contributed by atoms with van der Waals surface area (Å²) in [5.74, 6) is 0.630. The highest BCUT2D eigenvalue weighted by atomic mass is 16.5. The van der Waals surface area contributed by atoms with Gasteiger partial charge >= 0.3 is 0 Å². The van der Waals surface area contributed by atoms with Gasteiger partial charge in [-0.15, -0.1) is 0 Å². The summed E-state index contributed by atoms with van der Waals surface area (Å²) in [5, 5.41) is 2.75. The molecule has 0 unspecified atom stereocenters. The van der Waals surface area contributed by atoms with Crippen molar-refractivity contribution in [3.05, 3.63) is 65.2 Å². The number of rotatable bonds is 7. The second-order valence-electron chi connectivity index (χ2n) is 7.44. The number of benzene rings is 2. The Balaban J connectivity index is 1.36. The smallest absolute Gasteiger partial charge is 0.251 e. The molecule has 3 rings (SSSR count). The van der Waals surface area contributed by atoms with Crippen molar-refractivity contribution in [2.24, 2.45) is 0 Å². The van der Waals surface area contributed by atoms with E-state index in [0.29, 0.717) is 25.3 Å². The van der Waals surface area contributed by atoms with E-state index in [1.54, 1.807) is 0 Å². The molecule has 29 heavy (non-hydrogen) atoms. The van der Waals surface area contributed by atoms with Crippen LogP contribution < -0.4 is 10.1 Å². The zero-order chi connectivity index (χ0) is 20.6. The summed E-state index contributed by atoms with van der Waals surface area (Å²) in [4.78, 5) is 28.9. The van der Waals surface area contributed by atoms with Crippen LogP contribution >= 0.6 is 0 Å². The van der Waals surface area contributed by atoms with E-state index in [1.807, 2.05) is 67.3 Å². The summed E-state index contributed by atoms with van der Waals surface area (Å²) in [6.07, 6.45) is 0. The van der Waals surface area contributed by atoms with Gasteiger partial charge in [0, 0.05) is 38.3 Å². The first-order chi connectivity index (χ1) is 14.0. The van der Waals surface area contributed by atoms with E-state index in [4.69, 9.17) is 4.74 Å². The molecule has 0 saturated carbocycles. The standard InChI is InChI=1S/C23H29N3O3/c1-18-14-19(2)16-20(15-18)23(28)24-17-22(27)26-10-8-25(9-11-26)12-13-29-21-6-4-3-5-7-21/h3-7,14-16H,8-13,17H2,1-2H3,(H,24,28). The number of ether oxygens (including phenoxy) is 1. The van der Waals surface area contributed by atoms with Crippen LogP contribution in [0.15, 0.2) is 48.5 Å². The third-order valence-corrected chi connectivity index (χ3v) is 5.03. The number of para-hydroxylation sites is 1. The van der Waals surface area contributed by atoms with Gasteiger partial charge in [0.25, 0.3) is 5.91 Å². The molecule has 0 aromatic heterocycles. The minimum atomic E-state index is -0.207. The van der Waals surface area contributed by atoms with E-state index in [1.165, 1.54) is 0 Å². The van der Waals surface area contributed by atoms with E-state index < -0.39 is 0 Å². The molecule has 6 nitrogen and oxygen atoms in total. The second kappa shape index (κ2) is 10.1. The zero-order valence-corrected chi connectivity index (χ0v) is 17.2. The van der Waals surface area contributed by atoms with Gasteiger partial charge in [-0.25, -0.2) is 0 Å². The maximum absolute atomic E-state index is 12.4. The van der Waals surface area contributed by atoms with E-state index in [-0.39, 0.29) is 18.4 Å². The summed E-state index contributed by atoms with van der Waals surface area (Å²) in [6.45, 7) is 8.38. The molecule has 0 atom stereocenters. The number of carbonyl (C=O) groups excluding carboxylic acids is 2. The highest BCUT2D eigenvalue weighted by Gasteiger charge is 2.21. The number of carbonyl (C=O) groups is 2. The summed E-state index contributed by atoms with van der Waals surface area (Å²) < 4.78 is 5.74. The van der Waals surface area contributed by atoms with Gasteiger partial charge < -0.3 is 15.0 Å². The van der Waals surface area contributed by atoms with Crippen LogP contribution in [0, 0.1) is 13.8 Å². The predicted molar refractivity (Wildman–Crippen MR) is 113 cm³/mol. The molecule has 1 saturated heterocycles. The molecule has 154 valence electrons. The van der Waals surface area contributed by atoms with Crippen LogP contribution in [0.2, 0.25) is 0 Å². The Hall–Kier alpha value is -2.86. The first kappa shape index (κ1) is 20.9. The predicted octanol–water partition coefficient (Wildman–Crippen LogP) is 2.26. The molecule has 0 radical (unpaired) electrons. The molecule has 1 N–H and O–H groups in total. The van der Waals surface area contributed by atoms with Crippen molar-refractivity contribution in [3.63, 3.8) is 0 Å². The van der Waals surface area contributed by atoms with Crippen molar-refractivity contribution < 1.29 is 14.3 Å². The zero-order valence-electron chi connectivity index (χ0n) is 17.2. The van der Waals surface area contributed by atoms with Crippen LogP contribution in [0.25, 0.3) is 0 Å². The molecule has 2 aromatic carbocycles. The quantitative estimate of drug-likeness (QED) is 0.781. The molecule has 0 bridgehead atoms. The molecule has 1 aliphatic heterocycles. The van der Waals surface area contributed by atoms with Gasteiger partial charge in [0.15, 0.2) is 0 Å². The maximum Gasteiger partial charge on any atom is 0.251 e. The van der Waals surface area contributed by atoms with Gasteiger partial charge in [-0.3, -0.25) is 14.5 Å². The number of hydrogen-bond donors (Lipinski definition) is 1. The molecule has 2 amide bonds. The van der Waals surface area contributed by atoms with Crippen LogP contribution in [0.1, 0.15) is 21.5 Å². The minimum absolute atomic E-state index is 0.0307. The summed E-state index contributed by atoms with van der Waals surface area (Å²) in [6, 6.07) is 15.5. The van der Waals surface area contributed by atoms with Gasteiger partial charge in [-0.05, 0) is 38.1 Å². The Morgan fingerprint density at radius 2 is 1.62 bits per heavy atom. The first-order valence-corrected chi connectivity index (χ1v) is 10.1. The second-order valence-corrected chi connectivity index (χ2v) is 7.44. The Kier molecular flexibility index (Phi) is 7.25. The Morgan fingerprint density at radius 1 is 0.966 bits per heavy atom. The number of nitrogens with zero attached hydrogens (tertiary/aromatic N) is 2. The third-order valence-electron chi connectivity index (χ3n) is 5.03. The number of piperazine rings is 1. The minimum Gasteiger partial charge on any atom is -0.492 e. The molecule has 1 aliphatic rings. The lowest BCUT2D eigenvalue weighted by Crippen LogP contribution is -2.51. The fourth-order valence-corrected chi connectivity index (χ4v) is 3.51. The Bertz CT molecular complexity index is 810. The van der Waals surface area contributed by atoms with Gasteiger partial charge in [0.2, 0.25) is 5.91 Å². The maximum atomic E-state index is 12.4. The Labute approximate surface area is 172 Å². The van der Waals surface area contributed by atoms with Crippen LogP contribution in [-0.2, 0) is 4.79 Å². The number of amides is 2. The molecule has 0 spiro atoms. The number of hydrogen-bond acceptors (Lipinski definition) is 4. The molecule has 0 aliphatic carbocycles. The lowest BCUT2D eigenvalue weighted by molar-refractivity contribution is -0.131.